The van der Waals surface area contributed by atoms with Crippen LogP contribution in [0.5, 0.6) is 5.75 Å². The lowest BCUT2D eigenvalue weighted by Crippen LogP contribution is -2.31. The summed E-state index contributed by atoms with van der Waals surface area (Å²) in [7, 11) is 1.77. The number of anilines is 1. The summed E-state index contributed by atoms with van der Waals surface area (Å²) in [5.41, 5.74) is 7.38. The van der Waals surface area contributed by atoms with E-state index in [1.54, 1.807) is 24.2 Å². The van der Waals surface area contributed by atoms with Gasteiger partial charge in [0, 0.05) is 41.3 Å². The fourth-order valence-electron chi connectivity index (χ4n) is 3.54. The van der Waals surface area contributed by atoms with E-state index in [4.69, 9.17) is 4.74 Å². The number of carbonyl (C=O) groups excluding carboxylic acids is 2. The summed E-state index contributed by atoms with van der Waals surface area (Å²) in [5.74, 6) is 0.357. The van der Waals surface area contributed by atoms with Gasteiger partial charge < -0.3 is 14.6 Å². The van der Waals surface area contributed by atoms with E-state index in [0.29, 0.717) is 18.6 Å². The van der Waals surface area contributed by atoms with Gasteiger partial charge in [0.2, 0.25) is 5.91 Å². The molecule has 4 rings (SSSR count). The van der Waals surface area contributed by atoms with E-state index in [-0.39, 0.29) is 18.4 Å². The summed E-state index contributed by atoms with van der Waals surface area (Å²) in [5, 5.41) is 5.11. The van der Waals surface area contributed by atoms with Crippen molar-refractivity contribution in [2.24, 2.45) is 5.10 Å². The molecule has 2 aromatic carbocycles. The Morgan fingerprint density at radius 3 is 2.97 bits per heavy atom. The third kappa shape index (κ3) is 3.85. The smallest absolute Gasteiger partial charge is 0.277 e. The number of aromatic nitrogens is 1. The summed E-state index contributed by atoms with van der Waals surface area (Å²) < 4.78 is 5.58. The minimum atomic E-state index is -0.344. The average molecular weight is 390 g/mol. The van der Waals surface area contributed by atoms with Gasteiger partial charge in [0.25, 0.3) is 5.91 Å². The Morgan fingerprint density at radius 1 is 1.28 bits per heavy atom. The molecule has 1 aliphatic heterocycles. The maximum absolute atomic E-state index is 12.1. The third-order valence-electron chi connectivity index (χ3n) is 5.09. The highest BCUT2D eigenvalue weighted by Crippen LogP contribution is 2.30. The first-order chi connectivity index (χ1) is 14.0. The molecule has 0 aliphatic carbocycles. The molecule has 0 saturated carbocycles. The maximum Gasteiger partial charge on any atom is 0.277 e. The number of fused-ring (bicyclic) bond motifs is 2. The van der Waals surface area contributed by atoms with Crippen molar-refractivity contribution < 1.29 is 14.3 Å². The SMILES string of the molecule is Cc1[nH]c2ccccc2c1/C=N/NC(=O)COc1ccc2c(c1)CCC(=O)N2C. The van der Waals surface area contributed by atoms with Crippen LogP contribution >= 0.6 is 0 Å². The number of amides is 2. The van der Waals surface area contributed by atoms with Gasteiger partial charge in [0.1, 0.15) is 5.75 Å². The molecule has 0 spiro atoms. The Bertz CT molecular complexity index is 1120. The zero-order chi connectivity index (χ0) is 20.4. The minimum absolute atomic E-state index is 0.105. The molecule has 7 nitrogen and oxygen atoms in total. The van der Waals surface area contributed by atoms with E-state index in [9.17, 15) is 9.59 Å². The van der Waals surface area contributed by atoms with Crippen LogP contribution in [0, 0.1) is 6.92 Å². The predicted molar refractivity (Wildman–Crippen MR) is 112 cm³/mol. The summed E-state index contributed by atoms with van der Waals surface area (Å²) >= 11 is 0. The van der Waals surface area contributed by atoms with Crippen molar-refractivity contribution in [3.05, 3.63) is 59.3 Å². The standard InChI is InChI=1S/C22H22N4O3/c1-14-18(17-5-3-4-6-19(17)24-14)12-23-25-21(27)13-29-16-8-9-20-15(11-16)7-10-22(28)26(20)2/h3-6,8-9,11-12,24H,7,10,13H2,1-2H3,(H,25,27)/b23-12+. The van der Waals surface area contributed by atoms with E-state index in [1.807, 2.05) is 43.3 Å². The lowest BCUT2D eigenvalue weighted by molar-refractivity contribution is -0.123. The zero-order valence-corrected chi connectivity index (χ0v) is 16.4. The number of benzene rings is 2. The van der Waals surface area contributed by atoms with Crippen LogP contribution in [0.2, 0.25) is 0 Å². The molecule has 2 heterocycles. The summed E-state index contributed by atoms with van der Waals surface area (Å²) in [4.78, 5) is 28.8. The van der Waals surface area contributed by atoms with Crippen LogP contribution in [0.25, 0.3) is 10.9 Å². The third-order valence-corrected chi connectivity index (χ3v) is 5.09. The Kier molecular flexibility index (Phi) is 5.03. The number of nitrogens with zero attached hydrogens (tertiary/aromatic N) is 2. The van der Waals surface area contributed by atoms with Crippen molar-refractivity contribution >= 4 is 34.6 Å². The molecule has 1 aromatic heterocycles. The monoisotopic (exact) mass is 390 g/mol. The molecule has 0 fully saturated rings. The highest BCUT2D eigenvalue weighted by molar-refractivity contribution is 6.01. The normalized spacial score (nSPS) is 13.7. The highest BCUT2D eigenvalue weighted by Gasteiger charge is 2.21. The van der Waals surface area contributed by atoms with Crippen molar-refractivity contribution in [2.45, 2.75) is 19.8 Å². The lowest BCUT2D eigenvalue weighted by Gasteiger charge is -2.26. The minimum Gasteiger partial charge on any atom is -0.484 e. The number of hydrazone groups is 1. The topological polar surface area (TPSA) is 86.8 Å². The average Bonchev–Trinajstić information content (AvgIpc) is 3.04. The second-order valence-electron chi connectivity index (χ2n) is 7.03. The van der Waals surface area contributed by atoms with Crippen molar-refractivity contribution in [3.8, 4) is 5.75 Å². The number of nitrogens with one attached hydrogen (secondary N) is 2. The van der Waals surface area contributed by atoms with E-state index in [1.165, 1.54) is 0 Å². The first kappa shape index (κ1) is 18.7. The van der Waals surface area contributed by atoms with Gasteiger partial charge in [-0.05, 0) is 43.2 Å². The molecule has 3 aromatic rings. The summed E-state index contributed by atoms with van der Waals surface area (Å²) in [6.45, 7) is 1.82. The quantitative estimate of drug-likeness (QED) is 0.519. The fourth-order valence-corrected chi connectivity index (χ4v) is 3.54. The Balaban J connectivity index is 1.35. The summed E-state index contributed by atoms with van der Waals surface area (Å²) in [6.07, 6.45) is 2.80. The van der Waals surface area contributed by atoms with E-state index in [0.717, 1.165) is 33.4 Å². The molecule has 148 valence electrons. The van der Waals surface area contributed by atoms with Gasteiger partial charge in [-0.1, -0.05) is 18.2 Å². The van der Waals surface area contributed by atoms with Crippen LogP contribution in [-0.4, -0.2) is 36.7 Å². The number of hydrogen-bond donors (Lipinski definition) is 2. The van der Waals surface area contributed by atoms with Crippen LogP contribution < -0.4 is 15.1 Å². The fraction of sp³-hybridized carbons (Fsp3) is 0.227. The number of hydrogen-bond acceptors (Lipinski definition) is 4. The van der Waals surface area contributed by atoms with E-state index in [2.05, 4.69) is 15.5 Å². The van der Waals surface area contributed by atoms with E-state index >= 15 is 0 Å². The van der Waals surface area contributed by atoms with Gasteiger partial charge in [-0.25, -0.2) is 5.43 Å². The molecule has 1 aliphatic rings. The highest BCUT2D eigenvalue weighted by atomic mass is 16.5. The van der Waals surface area contributed by atoms with Crippen LogP contribution in [0.4, 0.5) is 5.69 Å². The molecule has 2 N–H and O–H groups in total. The molecule has 0 radical (unpaired) electrons. The number of H-pyrrole nitrogens is 1. The van der Waals surface area contributed by atoms with Crippen molar-refractivity contribution in [1.29, 1.82) is 0 Å². The maximum atomic E-state index is 12.1. The van der Waals surface area contributed by atoms with Crippen LogP contribution in [0.1, 0.15) is 23.2 Å². The second-order valence-corrected chi connectivity index (χ2v) is 7.03. The van der Waals surface area contributed by atoms with Crippen LogP contribution in [-0.2, 0) is 16.0 Å². The molecule has 0 atom stereocenters. The van der Waals surface area contributed by atoms with Gasteiger partial charge in [-0.2, -0.15) is 5.10 Å². The first-order valence-corrected chi connectivity index (χ1v) is 9.44. The molecular formula is C22H22N4O3. The number of rotatable bonds is 5. The molecule has 2 amide bonds. The number of para-hydroxylation sites is 1. The number of ether oxygens (including phenoxy) is 1. The Hall–Kier alpha value is -3.61. The lowest BCUT2D eigenvalue weighted by atomic mass is 10.0. The van der Waals surface area contributed by atoms with Crippen molar-refractivity contribution in [1.82, 2.24) is 10.4 Å². The molecular weight excluding hydrogens is 368 g/mol. The Labute approximate surface area is 168 Å². The number of carbonyl (C=O) groups is 2. The van der Waals surface area contributed by atoms with Gasteiger partial charge in [0.15, 0.2) is 6.61 Å². The van der Waals surface area contributed by atoms with E-state index < -0.39 is 0 Å². The van der Waals surface area contributed by atoms with Crippen molar-refractivity contribution in [2.75, 3.05) is 18.6 Å². The molecule has 0 saturated heterocycles. The zero-order valence-electron chi connectivity index (χ0n) is 16.4. The number of aromatic amines is 1. The summed E-state index contributed by atoms with van der Waals surface area (Å²) in [6, 6.07) is 13.4. The molecule has 29 heavy (non-hydrogen) atoms. The molecule has 0 unspecified atom stereocenters. The van der Waals surface area contributed by atoms with Crippen LogP contribution in [0.3, 0.4) is 0 Å². The van der Waals surface area contributed by atoms with Gasteiger partial charge in [0.05, 0.1) is 6.21 Å². The number of aryl methyl sites for hydroxylation is 2. The Morgan fingerprint density at radius 2 is 2.10 bits per heavy atom. The van der Waals surface area contributed by atoms with Crippen LogP contribution in [0.15, 0.2) is 47.6 Å². The largest absolute Gasteiger partial charge is 0.484 e. The van der Waals surface area contributed by atoms with Crippen molar-refractivity contribution in [3.63, 3.8) is 0 Å². The predicted octanol–water partition coefficient (Wildman–Crippen LogP) is 2.91. The molecule has 0 bridgehead atoms. The second kappa shape index (κ2) is 7.79. The van der Waals surface area contributed by atoms with Gasteiger partial charge >= 0.3 is 0 Å². The molecule has 7 heteroatoms. The van der Waals surface area contributed by atoms with Gasteiger partial charge in [-0.15, -0.1) is 0 Å². The first-order valence-electron chi connectivity index (χ1n) is 9.44. The van der Waals surface area contributed by atoms with Gasteiger partial charge in [-0.3, -0.25) is 9.59 Å².